The Balaban J connectivity index is 2.00. The van der Waals surface area contributed by atoms with E-state index in [1.54, 1.807) is 24.3 Å². The number of nitrogens with one attached hydrogen (secondary N) is 1. The number of nitrogen functional groups attached to an aromatic ring is 1. The van der Waals surface area contributed by atoms with E-state index in [1.807, 2.05) is 13.8 Å². The first-order chi connectivity index (χ1) is 10.1. The second-order valence-electron chi connectivity index (χ2n) is 4.80. The number of anilines is 2. The van der Waals surface area contributed by atoms with Gasteiger partial charge in [0.15, 0.2) is 0 Å². The molecule has 112 valence electrons. The average Bonchev–Trinajstić information content (AvgIpc) is 2.52. The second kappa shape index (κ2) is 6.99. The van der Waals surface area contributed by atoms with Crippen LogP contribution in [0.25, 0.3) is 0 Å². The van der Waals surface area contributed by atoms with Crippen LogP contribution in [0, 0.1) is 0 Å². The molecule has 0 fully saturated rings. The number of aryl methyl sites for hydroxylation is 2. The van der Waals surface area contributed by atoms with Crippen LogP contribution in [0.1, 0.15) is 36.9 Å². The predicted octanol–water partition coefficient (Wildman–Crippen LogP) is 1.72. The molecule has 2 rings (SSSR count). The van der Waals surface area contributed by atoms with Crippen molar-refractivity contribution in [2.75, 3.05) is 17.6 Å². The maximum Gasteiger partial charge on any atom is 0.243 e. The van der Waals surface area contributed by atoms with Gasteiger partial charge >= 0.3 is 0 Å². The van der Waals surface area contributed by atoms with Gasteiger partial charge in [0, 0.05) is 12.2 Å². The summed E-state index contributed by atoms with van der Waals surface area (Å²) >= 11 is 0. The summed E-state index contributed by atoms with van der Waals surface area (Å²) in [6.07, 6.45) is 0.982. The summed E-state index contributed by atoms with van der Waals surface area (Å²) in [7, 11) is 0. The fourth-order valence-corrected chi connectivity index (χ4v) is 2.04. The van der Waals surface area contributed by atoms with Crippen LogP contribution < -0.4 is 11.1 Å². The molecular formula is C15H21N5O. The van der Waals surface area contributed by atoms with Crippen molar-refractivity contribution in [2.45, 2.75) is 32.8 Å². The highest BCUT2D eigenvalue weighted by atomic mass is 16.3. The highest BCUT2D eigenvalue weighted by Crippen LogP contribution is 2.15. The van der Waals surface area contributed by atoms with Crippen LogP contribution in [0.3, 0.4) is 0 Å². The highest BCUT2D eigenvalue weighted by Gasteiger charge is 2.10. The van der Waals surface area contributed by atoms with Crippen LogP contribution in [0.4, 0.5) is 11.6 Å². The Bertz CT molecular complexity index is 585. The van der Waals surface area contributed by atoms with Crippen molar-refractivity contribution in [1.29, 1.82) is 0 Å². The van der Waals surface area contributed by atoms with Crippen molar-refractivity contribution in [1.82, 2.24) is 15.2 Å². The van der Waals surface area contributed by atoms with Crippen molar-refractivity contribution >= 4 is 11.6 Å². The summed E-state index contributed by atoms with van der Waals surface area (Å²) in [6, 6.07) is 7.14. The van der Waals surface area contributed by atoms with Crippen LogP contribution in [0.5, 0.6) is 0 Å². The lowest BCUT2D eigenvalue weighted by molar-refractivity contribution is 0.191. The van der Waals surface area contributed by atoms with E-state index in [0.717, 1.165) is 29.8 Å². The van der Waals surface area contributed by atoms with Gasteiger partial charge in [-0.2, -0.15) is 5.10 Å². The lowest BCUT2D eigenvalue weighted by Gasteiger charge is -2.13. The fourth-order valence-electron chi connectivity index (χ4n) is 2.04. The minimum atomic E-state index is -0.648. The zero-order chi connectivity index (χ0) is 15.2. The average molecular weight is 287 g/mol. The standard InChI is InChI=1S/C15H21N5O/c1-3-12-13(4-2)19-20-15(18-12)17-9-14(21)10-5-7-11(16)8-6-10/h5-8,14,21H,3-4,9,16H2,1-2H3,(H,17,18,20). The fraction of sp³-hybridized carbons (Fsp3) is 0.400. The van der Waals surface area contributed by atoms with Gasteiger partial charge in [-0.1, -0.05) is 26.0 Å². The second-order valence-corrected chi connectivity index (χ2v) is 4.80. The Morgan fingerprint density at radius 1 is 1.10 bits per heavy atom. The summed E-state index contributed by atoms with van der Waals surface area (Å²) in [4.78, 5) is 4.43. The van der Waals surface area contributed by atoms with Crippen LogP contribution in [-0.2, 0) is 12.8 Å². The van der Waals surface area contributed by atoms with Gasteiger partial charge in [-0.3, -0.25) is 0 Å². The monoisotopic (exact) mass is 287 g/mol. The molecule has 4 N–H and O–H groups in total. The largest absolute Gasteiger partial charge is 0.399 e. The Morgan fingerprint density at radius 3 is 2.38 bits per heavy atom. The normalized spacial score (nSPS) is 12.1. The maximum atomic E-state index is 10.1. The molecule has 1 atom stereocenters. The number of hydrogen-bond acceptors (Lipinski definition) is 6. The molecule has 2 aromatic rings. The SMILES string of the molecule is CCc1nnc(NCC(O)c2ccc(N)cc2)nc1CC. The van der Waals surface area contributed by atoms with E-state index in [1.165, 1.54) is 0 Å². The third-order valence-corrected chi connectivity index (χ3v) is 3.28. The molecule has 0 bridgehead atoms. The van der Waals surface area contributed by atoms with E-state index in [4.69, 9.17) is 5.73 Å². The Morgan fingerprint density at radius 2 is 1.76 bits per heavy atom. The summed E-state index contributed by atoms with van der Waals surface area (Å²) in [5, 5.41) is 21.3. The molecule has 1 aromatic carbocycles. The van der Waals surface area contributed by atoms with Crippen LogP contribution in [0.15, 0.2) is 24.3 Å². The lowest BCUT2D eigenvalue weighted by atomic mass is 10.1. The number of benzene rings is 1. The molecule has 1 unspecified atom stereocenters. The number of aliphatic hydroxyl groups excluding tert-OH is 1. The van der Waals surface area contributed by atoms with Gasteiger partial charge in [0.05, 0.1) is 17.5 Å². The molecule has 0 saturated heterocycles. The Kier molecular flexibility index (Phi) is 5.05. The van der Waals surface area contributed by atoms with Crippen LogP contribution >= 0.6 is 0 Å². The highest BCUT2D eigenvalue weighted by molar-refractivity contribution is 5.40. The van der Waals surface area contributed by atoms with E-state index in [2.05, 4.69) is 20.5 Å². The third kappa shape index (κ3) is 3.88. The quantitative estimate of drug-likeness (QED) is 0.700. The van der Waals surface area contributed by atoms with E-state index < -0.39 is 6.10 Å². The first kappa shape index (κ1) is 15.2. The van der Waals surface area contributed by atoms with Gasteiger partial charge < -0.3 is 16.2 Å². The number of nitrogens with two attached hydrogens (primary N) is 1. The van der Waals surface area contributed by atoms with Crippen molar-refractivity contribution in [2.24, 2.45) is 0 Å². The van der Waals surface area contributed by atoms with Gasteiger partial charge in [-0.15, -0.1) is 5.10 Å². The van der Waals surface area contributed by atoms with E-state index in [9.17, 15) is 5.11 Å². The van der Waals surface area contributed by atoms with Crippen molar-refractivity contribution < 1.29 is 5.11 Å². The number of aliphatic hydroxyl groups is 1. The summed E-state index contributed by atoms with van der Waals surface area (Å²) in [6.45, 7) is 4.39. The number of rotatable bonds is 6. The number of hydrogen-bond donors (Lipinski definition) is 3. The minimum absolute atomic E-state index is 0.320. The molecule has 0 aliphatic carbocycles. The maximum absolute atomic E-state index is 10.1. The molecule has 0 amide bonds. The molecule has 0 saturated carbocycles. The van der Waals surface area contributed by atoms with Gasteiger partial charge in [-0.05, 0) is 30.5 Å². The Labute approximate surface area is 124 Å². The van der Waals surface area contributed by atoms with Gasteiger partial charge in [-0.25, -0.2) is 4.98 Å². The first-order valence-corrected chi connectivity index (χ1v) is 7.13. The van der Waals surface area contributed by atoms with E-state index >= 15 is 0 Å². The molecule has 1 aromatic heterocycles. The van der Waals surface area contributed by atoms with Gasteiger partial charge in [0.2, 0.25) is 5.95 Å². The van der Waals surface area contributed by atoms with Crippen LogP contribution in [0.2, 0.25) is 0 Å². The zero-order valence-corrected chi connectivity index (χ0v) is 12.4. The molecule has 21 heavy (non-hydrogen) atoms. The minimum Gasteiger partial charge on any atom is -0.399 e. The molecule has 0 spiro atoms. The van der Waals surface area contributed by atoms with Gasteiger partial charge in [0.1, 0.15) is 0 Å². The summed E-state index contributed by atoms with van der Waals surface area (Å²) < 4.78 is 0. The summed E-state index contributed by atoms with van der Waals surface area (Å²) in [5.74, 6) is 0.443. The number of aromatic nitrogens is 3. The van der Waals surface area contributed by atoms with Gasteiger partial charge in [0.25, 0.3) is 0 Å². The third-order valence-electron chi connectivity index (χ3n) is 3.28. The smallest absolute Gasteiger partial charge is 0.243 e. The zero-order valence-electron chi connectivity index (χ0n) is 12.4. The Hall–Kier alpha value is -2.21. The molecule has 0 aliphatic heterocycles. The molecular weight excluding hydrogens is 266 g/mol. The molecule has 0 aliphatic rings. The molecule has 0 radical (unpaired) electrons. The van der Waals surface area contributed by atoms with Crippen molar-refractivity contribution in [3.63, 3.8) is 0 Å². The molecule has 1 heterocycles. The van der Waals surface area contributed by atoms with E-state index in [-0.39, 0.29) is 0 Å². The van der Waals surface area contributed by atoms with Crippen LogP contribution in [-0.4, -0.2) is 26.8 Å². The topological polar surface area (TPSA) is 97.0 Å². The molecule has 6 nitrogen and oxygen atoms in total. The molecule has 6 heteroatoms. The predicted molar refractivity (Wildman–Crippen MR) is 82.9 cm³/mol. The first-order valence-electron chi connectivity index (χ1n) is 7.13. The van der Waals surface area contributed by atoms with Crippen molar-refractivity contribution in [3.05, 3.63) is 41.2 Å². The number of nitrogens with zero attached hydrogens (tertiary/aromatic N) is 3. The van der Waals surface area contributed by atoms with Crippen molar-refractivity contribution in [3.8, 4) is 0 Å². The lowest BCUT2D eigenvalue weighted by Crippen LogP contribution is -2.16. The van der Waals surface area contributed by atoms with E-state index in [0.29, 0.717) is 18.2 Å². The summed E-state index contributed by atoms with van der Waals surface area (Å²) in [5.41, 5.74) is 8.96.